The molecule has 1 aromatic carbocycles. The fraction of sp³-hybridized carbons (Fsp3) is 0.600. The van der Waals surface area contributed by atoms with E-state index in [-0.39, 0.29) is 28.3 Å². The van der Waals surface area contributed by atoms with E-state index in [1.54, 1.807) is 11.0 Å². The van der Waals surface area contributed by atoms with Crippen molar-refractivity contribution in [2.45, 2.75) is 50.1 Å². The van der Waals surface area contributed by atoms with Gasteiger partial charge in [0.2, 0.25) is 15.9 Å². The van der Waals surface area contributed by atoms with Crippen LogP contribution in [0, 0.1) is 5.92 Å². The lowest BCUT2D eigenvalue weighted by atomic mass is 9.88. The van der Waals surface area contributed by atoms with E-state index in [0.29, 0.717) is 42.4 Å². The number of carbonyl (C=O) groups is 1. The third-order valence-corrected chi connectivity index (χ3v) is 8.40. The van der Waals surface area contributed by atoms with Crippen molar-refractivity contribution in [1.82, 2.24) is 14.2 Å². The summed E-state index contributed by atoms with van der Waals surface area (Å²) < 4.78 is 35.7. The van der Waals surface area contributed by atoms with Gasteiger partial charge in [-0.25, -0.2) is 13.1 Å². The number of thiazole rings is 1. The van der Waals surface area contributed by atoms with Crippen LogP contribution in [0.4, 0.5) is 0 Å². The number of fused-ring (bicyclic) bond motifs is 1. The highest BCUT2D eigenvalue weighted by Gasteiger charge is 2.25. The Morgan fingerprint density at radius 2 is 1.90 bits per heavy atom. The Balaban J connectivity index is 1.53. The molecule has 2 aliphatic rings. The van der Waals surface area contributed by atoms with Crippen LogP contribution < -0.4 is 9.60 Å². The summed E-state index contributed by atoms with van der Waals surface area (Å²) in [6, 6.07) is 4.62. The van der Waals surface area contributed by atoms with Gasteiger partial charge in [-0.3, -0.25) is 14.2 Å². The maximum atomic E-state index is 12.8. The largest absolute Gasteiger partial charge is 0.378 e. The van der Waals surface area contributed by atoms with Gasteiger partial charge in [0.25, 0.3) is 0 Å². The zero-order valence-corrected chi connectivity index (χ0v) is 18.6. The Labute approximate surface area is 179 Å². The lowest BCUT2D eigenvalue weighted by molar-refractivity contribution is -0.135. The number of hydrogen-bond donors (Lipinski definition) is 1. The highest BCUT2D eigenvalue weighted by Crippen LogP contribution is 2.26. The average Bonchev–Trinajstić information content (AvgIpc) is 3.04. The third kappa shape index (κ3) is 4.61. The van der Waals surface area contributed by atoms with E-state index in [2.05, 4.69) is 11.6 Å². The topological polar surface area (TPSA) is 97.7 Å². The molecule has 0 radical (unpaired) electrons. The molecular weight excluding hydrogens is 426 g/mol. The van der Waals surface area contributed by atoms with Gasteiger partial charge < -0.3 is 9.64 Å². The molecule has 1 saturated carbocycles. The first-order valence-corrected chi connectivity index (χ1v) is 12.6. The van der Waals surface area contributed by atoms with Crippen molar-refractivity contribution < 1.29 is 17.9 Å². The standard InChI is InChI=1S/C20H27N3O5S2/c1-14-2-4-15(5-3-14)21-30(26,27)16-6-7-17-18(12-16)29-20(25)23(17)13-19(24)22-8-10-28-11-9-22/h6-7,12,14-15,21H,2-5,8-11,13H2,1H3. The highest BCUT2D eigenvalue weighted by atomic mass is 32.2. The van der Waals surface area contributed by atoms with Crippen molar-refractivity contribution in [3.8, 4) is 0 Å². The molecule has 2 aromatic rings. The normalized spacial score (nSPS) is 23.0. The number of benzene rings is 1. The molecule has 0 spiro atoms. The van der Waals surface area contributed by atoms with Crippen LogP contribution in [0.25, 0.3) is 10.2 Å². The van der Waals surface area contributed by atoms with Gasteiger partial charge in [0.15, 0.2) is 0 Å². The van der Waals surface area contributed by atoms with Crippen LogP contribution in [0.3, 0.4) is 0 Å². The summed E-state index contributed by atoms with van der Waals surface area (Å²) in [5.74, 6) is 0.504. The molecule has 2 fully saturated rings. The molecule has 4 rings (SSSR count). The van der Waals surface area contributed by atoms with Gasteiger partial charge in [0.05, 0.1) is 28.3 Å². The number of nitrogens with zero attached hydrogens (tertiary/aromatic N) is 2. The molecule has 30 heavy (non-hydrogen) atoms. The Morgan fingerprint density at radius 1 is 1.20 bits per heavy atom. The molecule has 0 bridgehead atoms. The van der Waals surface area contributed by atoms with E-state index in [1.807, 2.05) is 0 Å². The molecular formula is C20H27N3O5S2. The summed E-state index contributed by atoms with van der Waals surface area (Å²) in [5.41, 5.74) is 0.581. The van der Waals surface area contributed by atoms with Gasteiger partial charge in [-0.2, -0.15) is 0 Å². The maximum Gasteiger partial charge on any atom is 0.308 e. The van der Waals surface area contributed by atoms with Crippen molar-refractivity contribution in [3.05, 3.63) is 27.9 Å². The van der Waals surface area contributed by atoms with Crippen molar-refractivity contribution >= 4 is 37.5 Å². The Morgan fingerprint density at radius 3 is 2.60 bits per heavy atom. The second-order valence-corrected chi connectivity index (χ2v) is 10.9. The molecule has 8 nitrogen and oxygen atoms in total. The third-order valence-electron chi connectivity index (χ3n) is 5.94. The molecule has 1 aliphatic heterocycles. The Bertz CT molecular complexity index is 1080. The number of sulfonamides is 1. The lowest BCUT2D eigenvalue weighted by Crippen LogP contribution is -2.43. The fourth-order valence-corrected chi connectivity index (χ4v) is 6.41. The molecule has 1 amide bonds. The zero-order chi connectivity index (χ0) is 21.3. The predicted octanol–water partition coefficient (Wildman–Crippen LogP) is 1.78. The fourth-order valence-electron chi connectivity index (χ4n) is 4.08. The van der Waals surface area contributed by atoms with E-state index < -0.39 is 10.0 Å². The van der Waals surface area contributed by atoms with Gasteiger partial charge >= 0.3 is 4.87 Å². The molecule has 2 heterocycles. The Hall–Kier alpha value is -1.75. The van der Waals surface area contributed by atoms with E-state index in [1.165, 1.54) is 16.7 Å². The van der Waals surface area contributed by atoms with E-state index in [4.69, 9.17) is 4.74 Å². The first kappa shape index (κ1) is 21.5. The van der Waals surface area contributed by atoms with Crippen molar-refractivity contribution in [2.75, 3.05) is 26.3 Å². The highest BCUT2D eigenvalue weighted by molar-refractivity contribution is 7.89. The average molecular weight is 454 g/mol. The maximum absolute atomic E-state index is 12.8. The first-order chi connectivity index (χ1) is 14.3. The number of morpholine rings is 1. The molecule has 0 unspecified atom stereocenters. The SMILES string of the molecule is CC1CCC(NS(=O)(=O)c2ccc3c(c2)sc(=O)n3CC(=O)N2CCOCC2)CC1. The summed E-state index contributed by atoms with van der Waals surface area (Å²) in [4.78, 5) is 26.6. The van der Waals surface area contributed by atoms with Gasteiger partial charge in [0, 0.05) is 19.1 Å². The molecule has 1 saturated heterocycles. The van der Waals surface area contributed by atoms with Gasteiger partial charge in [-0.15, -0.1) is 0 Å². The van der Waals surface area contributed by atoms with Crippen LogP contribution in [0.15, 0.2) is 27.9 Å². The van der Waals surface area contributed by atoms with E-state index in [9.17, 15) is 18.0 Å². The summed E-state index contributed by atoms with van der Waals surface area (Å²) in [5, 5.41) is 0. The number of aromatic nitrogens is 1. The number of carbonyl (C=O) groups excluding carboxylic acids is 1. The summed E-state index contributed by atoms with van der Waals surface area (Å²) >= 11 is 0.964. The smallest absolute Gasteiger partial charge is 0.308 e. The molecule has 1 aliphatic carbocycles. The molecule has 0 atom stereocenters. The zero-order valence-electron chi connectivity index (χ0n) is 17.0. The summed E-state index contributed by atoms with van der Waals surface area (Å²) in [6.45, 7) is 4.17. The van der Waals surface area contributed by atoms with Crippen molar-refractivity contribution in [1.29, 1.82) is 0 Å². The number of rotatable bonds is 5. The minimum Gasteiger partial charge on any atom is -0.378 e. The van der Waals surface area contributed by atoms with Crippen molar-refractivity contribution in [3.63, 3.8) is 0 Å². The summed E-state index contributed by atoms with van der Waals surface area (Å²) in [6.07, 6.45) is 3.73. The second kappa shape index (κ2) is 8.78. The van der Waals surface area contributed by atoms with E-state index in [0.717, 1.165) is 37.0 Å². The number of nitrogens with one attached hydrogen (secondary N) is 1. The van der Waals surface area contributed by atoms with Crippen LogP contribution in [0.2, 0.25) is 0 Å². The van der Waals surface area contributed by atoms with Gasteiger partial charge in [-0.1, -0.05) is 18.3 Å². The Kier molecular flexibility index (Phi) is 6.29. The first-order valence-electron chi connectivity index (χ1n) is 10.3. The quantitative estimate of drug-likeness (QED) is 0.744. The predicted molar refractivity (Wildman–Crippen MR) is 115 cm³/mol. The minimum atomic E-state index is -3.66. The van der Waals surface area contributed by atoms with Crippen LogP contribution in [0.5, 0.6) is 0 Å². The number of ether oxygens (including phenoxy) is 1. The minimum absolute atomic E-state index is 0.0450. The van der Waals surface area contributed by atoms with Gasteiger partial charge in [0.1, 0.15) is 6.54 Å². The van der Waals surface area contributed by atoms with Crippen LogP contribution >= 0.6 is 11.3 Å². The molecule has 1 aromatic heterocycles. The van der Waals surface area contributed by atoms with E-state index >= 15 is 0 Å². The molecule has 164 valence electrons. The second-order valence-electron chi connectivity index (χ2n) is 8.15. The molecule has 1 N–H and O–H groups in total. The summed E-state index contributed by atoms with van der Waals surface area (Å²) in [7, 11) is -3.66. The van der Waals surface area contributed by atoms with Crippen molar-refractivity contribution in [2.24, 2.45) is 5.92 Å². The number of hydrogen-bond acceptors (Lipinski definition) is 6. The number of amides is 1. The molecule has 10 heteroatoms. The van der Waals surface area contributed by atoms with Crippen LogP contribution in [-0.2, 0) is 26.1 Å². The van der Waals surface area contributed by atoms with Crippen LogP contribution in [-0.4, -0.2) is 56.1 Å². The van der Waals surface area contributed by atoms with Crippen LogP contribution in [0.1, 0.15) is 32.6 Å². The van der Waals surface area contributed by atoms with Gasteiger partial charge in [-0.05, 0) is 49.8 Å². The monoisotopic (exact) mass is 453 g/mol. The lowest BCUT2D eigenvalue weighted by Gasteiger charge is -2.27.